The first-order chi connectivity index (χ1) is 18.5. The molecule has 3 fully saturated rings. The number of hydrogen-bond acceptors (Lipinski definition) is 9. The Morgan fingerprint density at radius 3 is 2.56 bits per heavy atom. The molecule has 1 saturated carbocycles. The molecule has 2 saturated heterocycles. The molecule has 12 heteroatoms. The first-order valence-electron chi connectivity index (χ1n) is 13.6. The molecule has 0 unspecified atom stereocenters. The maximum Gasteiger partial charge on any atom is 0.258 e. The standard InChI is InChI=1S/C27H38N6O5S/c1-18-14-24(30-26(28-18)33-12-13-38-20(3)16-33)29-25(35)22-5-4-21(31-39(36,37)17-19(2)34)15-23(22)32-10-8-27(6-7-27)9-11-32/h4-5,14-15,19-20,31,34H,6-13,16-17H2,1-3H3,(H,28,29,30,35)/t19-,20-/m1/s1. The van der Waals surface area contributed by atoms with Crippen LogP contribution in [0, 0.1) is 12.3 Å². The maximum absolute atomic E-state index is 13.6. The molecular weight excluding hydrogens is 520 g/mol. The van der Waals surface area contributed by atoms with Crippen LogP contribution < -0.4 is 19.8 Å². The van der Waals surface area contributed by atoms with E-state index in [-0.39, 0.29) is 12.0 Å². The van der Waals surface area contributed by atoms with Gasteiger partial charge in [0.2, 0.25) is 16.0 Å². The highest BCUT2D eigenvalue weighted by Gasteiger charge is 2.44. The number of aryl methyl sites for hydroxylation is 1. The fourth-order valence-corrected chi connectivity index (χ4v) is 6.63. The number of aliphatic hydroxyl groups is 1. The van der Waals surface area contributed by atoms with Gasteiger partial charge in [-0.25, -0.2) is 13.4 Å². The molecule has 1 aromatic carbocycles. The molecule has 1 amide bonds. The van der Waals surface area contributed by atoms with Crippen LogP contribution in [-0.2, 0) is 14.8 Å². The van der Waals surface area contributed by atoms with Gasteiger partial charge in [-0.3, -0.25) is 9.52 Å². The van der Waals surface area contributed by atoms with Crippen molar-refractivity contribution in [2.45, 2.75) is 58.7 Å². The van der Waals surface area contributed by atoms with Gasteiger partial charge in [0.1, 0.15) is 5.82 Å². The van der Waals surface area contributed by atoms with Crippen LogP contribution in [0.2, 0.25) is 0 Å². The third-order valence-electron chi connectivity index (χ3n) is 7.71. The minimum absolute atomic E-state index is 0.0688. The zero-order valence-corrected chi connectivity index (χ0v) is 23.6. The van der Waals surface area contributed by atoms with Crippen LogP contribution in [0.3, 0.4) is 0 Å². The normalized spacial score (nSPS) is 21.5. The molecule has 11 nitrogen and oxygen atoms in total. The van der Waals surface area contributed by atoms with Crippen molar-refractivity contribution in [1.82, 2.24) is 9.97 Å². The van der Waals surface area contributed by atoms with Crippen molar-refractivity contribution in [2.24, 2.45) is 5.41 Å². The molecule has 212 valence electrons. The number of aliphatic hydroxyl groups excluding tert-OH is 1. The van der Waals surface area contributed by atoms with Crippen LogP contribution in [0.5, 0.6) is 0 Å². The van der Waals surface area contributed by atoms with Crippen LogP contribution in [-0.4, -0.2) is 80.1 Å². The zero-order chi connectivity index (χ0) is 27.8. The van der Waals surface area contributed by atoms with Crippen LogP contribution in [0.15, 0.2) is 24.3 Å². The number of hydrogen-bond donors (Lipinski definition) is 3. The summed E-state index contributed by atoms with van der Waals surface area (Å²) < 4.78 is 33.1. The number of anilines is 4. The number of amides is 1. The number of morpholine rings is 1. The summed E-state index contributed by atoms with van der Waals surface area (Å²) in [5.74, 6) is 0.224. The monoisotopic (exact) mass is 558 g/mol. The topological polar surface area (TPSA) is 137 Å². The fourth-order valence-electron chi connectivity index (χ4n) is 5.43. The number of benzene rings is 1. The number of nitrogens with one attached hydrogen (secondary N) is 2. The number of sulfonamides is 1. The molecule has 2 atom stereocenters. The Morgan fingerprint density at radius 1 is 1.15 bits per heavy atom. The van der Waals surface area contributed by atoms with Crippen LogP contribution >= 0.6 is 0 Å². The Labute approximate surface area is 230 Å². The Kier molecular flexibility index (Phi) is 7.71. The van der Waals surface area contributed by atoms with E-state index in [4.69, 9.17) is 4.74 Å². The Balaban J connectivity index is 1.40. The summed E-state index contributed by atoms with van der Waals surface area (Å²) in [4.78, 5) is 27.0. The Hall–Kier alpha value is -2.96. The summed E-state index contributed by atoms with van der Waals surface area (Å²) >= 11 is 0. The number of carbonyl (C=O) groups excluding carboxylic acids is 1. The lowest BCUT2D eigenvalue weighted by Crippen LogP contribution is -2.42. The molecule has 3 N–H and O–H groups in total. The van der Waals surface area contributed by atoms with Crippen molar-refractivity contribution < 1.29 is 23.1 Å². The minimum atomic E-state index is -3.75. The lowest BCUT2D eigenvalue weighted by atomic mass is 9.93. The average Bonchev–Trinajstić information content (AvgIpc) is 3.61. The summed E-state index contributed by atoms with van der Waals surface area (Å²) in [6, 6.07) is 6.67. The van der Waals surface area contributed by atoms with Gasteiger partial charge in [-0.15, -0.1) is 0 Å². The molecule has 3 aliphatic rings. The van der Waals surface area contributed by atoms with Crippen LogP contribution in [0.1, 0.15) is 55.6 Å². The molecular formula is C27H38N6O5S. The summed E-state index contributed by atoms with van der Waals surface area (Å²) in [5, 5.41) is 12.5. The number of rotatable bonds is 8. The van der Waals surface area contributed by atoms with Gasteiger partial charge in [0.05, 0.1) is 41.5 Å². The quantitative estimate of drug-likeness (QED) is 0.447. The van der Waals surface area contributed by atoms with Gasteiger partial charge in [0.15, 0.2) is 0 Å². The van der Waals surface area contributed by atoms with Crippen molar-refractivity contribution in [1.29, 1.82) is 0 Å². The molecule has 39 heavy (non-hydrogen) atoms. The van der Waals surface area contributed by atoms with Crippen LogP contribution in [0.25, 0.3) is 0 Å². The number of piperidine rings is 1. The maximum atomic E-state index is 13.6. The van der Waals surface area contributed by atoms with E-state index in [9.17, 15) is 18.3 Å². The van der Waals surface area contributed by atoms with Crippen molar-refractivity contribution in [3.63, 3.8) is 0 Å². The highest BCUT2D eigenvalue weighted by Crippen LogP contribution is 2.54. The molecule has 0 bridgehead atoms. The van der Waals surface area contributed by atoms with Crippen molar-refractivity contribution in [2.75, 3.05) is 58.4 Å². The van der Waals surface area contributed by atoms with E-state index in [1.165, 1.54) is 19.8 Å². The lowest BCUT2D eigenvalue weighted by molar-refractivity contribution is 0.0526. The van der Waals surface area contributed by atoms with E-state index in [2.05, 4.69) is 29.8 Å². The third-order valence-corrected chi connectivity index (χ3v) is 9.17. The van der Waals surface area contributed by atoms with E-state index in [1.54, 1.807) is 24.3 Å². The van der Waals surface area contributed by atoms with E-state index in [1.807, 2.05) is 13.8 Å². The molecule has 2 aromatic rings. The second kappa shape index (κ2) is 10.9. The van der Waals surface area contributed by atoms with Crippen molar-refractivity contribution in [3.05, 3.63) is 35.5 Å². The van der Waals surface area contributed by atoms with E-state index in [0.29, 0.717) is 53.8 Å². The third kappa shape index (κ3) is 6.79. The second-order valence-electron chi connectivity index (χ2n) is 11.2. The fraction of sp³-hybridized carbons (Fsp3) is 0.593. The number of nitrogens with zero attached hydrogens (tertiary/aromatic N) is 4. The summed E-state index contributed by atoms with van der Waals surface area (Å²) in [6.45, 7) is 8.84. The van der Waals surface area contributed by atoms with Crippen molar-refractivity contribution in [3.8, 4) is 0 Å². The van der Waals surface area contributed by atoms with Gasteiger partial charge in [-0.2, -0.15) is 4.98 Å². The summed E-state index contributed by atoms with van der Waals surface area (Å²) in [7, 11) is -3.75. The minimum Gasteiger partial charge on any atom is -0.392 e. The largest absolute Gasteiger partial charge is 0.392 e. The van der Waals surface area contributed by atoms with Crippen LogP contribution in [0.4, 0.5) is 23.1 Å². The number of ether oxygens (including phenoxy) is 1. The predicted octanol–water partition coefficient (Wildman–Crippen LogP) is 2.77. The summed E-state index contributed by atoms with van der Waals surface area (Å²) in [6.07, 6.45) is 3.69. The van der Waals surface area contributed by atoms with Gasteiger partial charge < -0.3 is 25.0 Å². The highest BCUT2D eigenvalue weighted by atomic mass is 32.2. The Morgan fingerprint density at radius 2 is 1.90 bits per heavy atom. The van der Waals surface area contributed by atoms with Gasteiger partial charge in [-0.1, -0.05) is 0 Å². The first kappa shape index (κ1) is 27.6. The van der Waals surface area contributed by atoms with Gasteiger partial charge in [-0.05, 0) is 70.1 Å². The molecule has 1 aromatic heterocycles. The molecule has 5 rings (SSSR count). The van der Waals surface area contributed by atoms with Gasteiger partial charge in [0, 0.05) is 37.9 Å². The zero-order valence-electron chi connectivity index (χ0n) is 22.8. The van der Waals surface area contributed by atoms with Crippen molar-refractivity contribution >= 4 is 39.1 Å². The highest BCUT2D eigenvalue weighted by molar-refractivity contribution is 7.92. The molecule has 1 aliphatic carbocycles. The number of carbonyl (C=O) groups is 1. The first-order valence-corrected chi connectivity index (χ1v) is 15.3. The van der Waals surface area contributed by atoms with Gasteiger partial charge >= 0.3 is 0 Å². The van der Waals surface area contributed by atoms with E-state index in [0.717, 1.165) is 31.6 Å². The number of aromatic nitrogens is 2. The smallest absolute Gasteiger partial charge is 0.258 e. The van der Waals surface area contributed by atoms with E-state index < -0.39 is 21.9 Å². The second-order valence-corrected chi connectivity index (χ2v) is 13.0. The molecule has 2 aliphatic heterocycles. The molecule has 1 spiro atoms. The Bertz CT molecular complexity index is 1320. The lowest BCUT2D eigenvalue weighted by Gasteiger charge is -2.35. The summed E-state index contributed by atoms with van der Waals surface area (Å²) in [5.41, 5.74) is 2.66. The van der Waals surface area contributed by atoms with E-state index >= 15 is 0 Å². The van der Waals surface area contributed by atoms with Gasteiger partial charge in [0.25, 0.3) is 5.91 Å². The average molecular weight is 559 g/mol. The SMILES string of the molecule is Cc1cc(NC(=O)c2ccc(NS(=O)(=O)C[C@@H](C)O)cc2N2CCC3(CC2)CC3)nc(N2CCO[C@H](C)C2)n1. The predicted molar refractivity (Wildman–Crippen MR) is 151 cm³/mol. The molecule has 3 heterocycles. The molecule has 0 radical (unpaired) electrons.